The summed E-state index contributed by atoms with van der Waals surface area (Å²) in [7, 11) is 1.62. The van der Waals surface area contributed by atoms with Crippen molar-refractivity contribution in [1.82, 2.24) is 20.4 Å². The molecule has 1 saturated heterocycles. The van der Waals surface area contributed by atoms with Gasteiger partial charge in [0.25, 0.3) is 5.91 Å². The number of hydrogen-bond donors (Lipinski definition) is 2. The van der Waals surface area contributed by atoms with E-state index in [1.807, 2.05) is 35.1 Å². The van der Waals surface area contributed by atoms with Gasteiger partial charge < -0.3 is 15.4 Å². The van der Waals surface area contributed by atoms with E-state index in [0.29, 0.717) is 23.3 Å². The number of piperidine rings is 1. The lowest BCUT2D eigenvalue weighted by Crippen LogP contribution is -2.32. The van der Waals surface area contributed by atoms with Gasteiger partial charge in [0.2, 0.25) is 0 Å². The van der Waals surface area contributed by atoms with Crippen LogP contribution in [-0.2, 0) is 4.74 Å². The second-order valence-corrected chi connectivity index (χ2v) is 6.60. The van der Waals surface area contributed by atoms with Crippen molar-refractivity contribution in [2.45, 2.75) is 25.0 Å². The Bertz CT molecular complexity index is 695. The lowest BCUT2D eigenvalue weighted by molar-refractivity contribution is 0.0823. The molecule has 3 rings (SSSR count). The second kappa shape index (κ2) is 8.47. The molecule has 1 aromatic carbocycles. The zero-order chi connectivity index (χ0) is 17.6. The molecule has 1 amide bonds. The van der Waals surface area contributed by atoms with Gasteiger partial charge in [-0.1, -0.05) is 23.7 Å². The molecule has 2 heterocycles. The molecule has 0 radical (unpaired) electrons. The van der Waals surface area contributed by atoms with Gasteiger partial charge in [0, 0.05) is 31.4 Å². The zero-order valence-electron chi connectivity index (χ0n) is 14.2. The van der Waals surface area contributed by atoms with E-state index in [1.54, 1.807) is 13.2 Å². The van der Waals surface area contributed by atoms with Crippen LogP contribution >= 0.6 is 11.6 Å². The Morgan fingerprint density at radius 2 is 2.24 bits per heavy atom. The number of hydrogen-bond acceptors (Lipinski definition) is 4. The maximum Gasteiger partial charge on any atom is 0.271 e. The molecule has 0 saturated carbocycles. The first-order valence-electron chi connectivity index (χ1n) is 8.49. The Morgan fingerprint density at radius 3 is 2.92 bits per heavy atom. The SMILES string of the molecule is COC(CNC(=O)c1ccn(C2CCCNC2)n1)c1ccc(Cl)cc1. The highest BCUT2D eigenvalue weighted by Crippen LogP contribution is 2.19. The number of aromatic nitrogens is 2. The molecule has 0 aliphatic carbocycles. The zero-order valence-corrected chi connectivity index (χ0v) is 15.0. The number of nitrogens with one attached hydrogen (secondary N) is 2. The fourth-order valence-electron chi connectivity index (χ4n) is 3.01. The normalized spacial score (nSPS) is 18.7. The Hall–Kier alpha value is -1.89. The first kappa shape index (κ1) is 17.9. The molecule has 2 aromatic rings. The minimum Gasteiger partial charge on any atom is -0.375 e. The third kappa shape index (κ3) is 4.60. The van der Waals surface area contributed by atoms with Gasteiger partial charge in [-0.3, -0.25) is 9.48 Å². The maximum absolute atomic E-state index is 12.4. The van der Waals surface area contributed by atoms with Gasteiger partial charge in [-0.2, -0.15) is 5.10 Å². The molecule has 0 spiro atoms. The van der Waals surface area contributed by atoms with Gasteiger partial charge in [-0.05, 0) is 43.1 Å². The molecule has 1 aromatic heterocycles. The molecule has 2 unspecified atom stereocenters. The fraction of sp³-hybridized carbons (Fsp3) is 0.444. The number of benzene rings is 1. The summed E-state index contributed by atoms with van der Waals surface area (Å²) in [6, 6.07) is 9.49. The van der Waals surface area contributed by atoms with E-state index in [9.17, 15) is 4.79 Å². The first-order valence-corrected chi connectivity index (χ1v) is 8.87. The molecule has 2 N–H and O–H groups in total. The third-order valence-corrected chi connectivity index (χ3v) is 4.71. The van der Waals surface area contributed by atoms with Crippen molar-refractivity contribution in [3.05, 3.63) is 52.8 Å². The number of carbonyl (C=O) groups excluding carboxylic acids is 1. The maximum atomic E-state index is 12.4. The van der Waals surface area contributed by atoms with E-state index in [0.717, 1.165) is 31.5 Å². The number of amides is 1. The van der Waals surface area contributed by atoms with Crippen LogP contribution in [0.5, 0.6) is 0 Å². The average Bonchev–Trinajstić information content (AvgIpc) is 3.14. The number of carbonyl (C=O) groups is 1. The standard InChI is InChI=1S/C18H23ClN4O2/c1-25-17(13-4-6-14(19)7-5-13)12-21-18(24)16-8-10-23(22-16)15-3-2-9-20-11-15/h4-8,10,15,17,20H,2-3,9,11-12H2,1H3,(H,21,24). The number of ether oxygens (including phenoxy) is 1. The molecule has 25 heavy (non-hydrogen) atoms. The summed E-state index contributed by atoms with van der Waals surface area (Å²) in [5, 5.41) is 11.3. The van der Waals surface area contributed by atoms with Crippen LogP contribution in [0.15, 0.2) is 36.5 Å². The number of rotatable bonds is 6. The summed E-state index contributed by atoms with van der Waals surface area (Å²) in [6.07, 6.45) is 3.85. The summed E-state index contributed by atoms with van der Waals surface area (Å²) >= 11 is 5.91. The minimum absolute atomic E-state index is 0.196. The van der Waals surface area contributed by atoms with Crippen molar-refractivity contribution >= 4 is 17.5 Å². The highest BCUT2D eigenvalue weighted by molar-refractivity contribution is 6.30. The summed E-state index contributed by atoms with van der Waals surface area (Å²) in [5.74, 6) is -0.196. The largest absolute Gasteiger partial charge is 0.375 e. The molecule has 0 bridgehead atoms. The van der Waals surface area contributed by atoms with Crippen LogP contribution in [0.3, 0.4) is 0 Å². The highest BCUT2D eigenvalue weighted by atomic mass is 35.5. The Kier molecular flexibility index (Phi) is 6.07. The lowest BCUT2D eigenvalue weighted by atomic mass is 10.1. The van der Waals surface area contributed by atoms with Crippen molar-refractivity contribution in [2.24, 2.45) is 0 Å². The van der Waals surface area contributed by atoms with Crippen LogP contribution in [0.1, 0.15) is 41.0 Å². The smallest absolute Gasteiger partial charge is 0.271 e. The van der Waals surface area contributed by atoms with Gasteiger partial charge in [0.15, 0.2) is 0 Å². The van der Waals surface area contributed by atoms with E-state index in [1.165, 1.54) is 0 Å². The summed E-state index contributed by atoms with van der Waals surface area (Å²) in [4.78, 5) is 12.4. The topological polar surface area (TPSA) is 68.2 Å². The van der Waals surface area contributed by atoms with Crippen molar-refractivity contribution < 1.29 is 9.53 Å². The first-order chi connectivity index (χ1) is 12.2. The fourth-order valence-corrected chi connectivity index (χ4v) is 3.14. The van der Waals surface area contributed by atoms with Crippen LogP contribution in [0.4, 0.5) is 0 Å². The number of halogens is 1. The predicted octanol–water partition coefficient (Wildman–Crippen LogP) is 2.58. The molecule has 6 nitrogen and oxygen atoms in total. The minimum atomic E-state index is -0.231. The Balaban J connectivity index is 1.58. The number of methoxy groups -OCH3 is 1. The molecule has 2 atom stereocenters. The van der Waals surface area contributed by atoms with E-state index < -0.39 is 0 Å². The summed E-state index contributed by atoms with van der Waals surface area (Å²) in [5.41, 5.74) is 1.39. The van der Waals surface area contributed by atoms with Gasteiger partial charge in [-0.25, -0.2) is 0 Å². The molecule has 134 valence electrons. The average molecular weight is 363 g/mol. The summed E-state index contributed by atoms with van der Waals surface area (Å²) in [6.45, 7) is 2.31. The molecular weight excluding hydrogens is 340 g/mol. The summed E-state index contributed by atoms with van der Waals surface area (Å²) < 4.78 is 7.35. The van der Waals surface area contributed by atoms with Crippen molar-refractivity contribution in [1.29, 1.82) is 0 Å². The van der Waals surface area contributed by atoms with Gasteiger partial charge >= 0.3 is 0 Å². The third-order valence-electron chi connectivity index (χ3n) is 4.46. The molecule has 1 aliphatic heterocycles. The van der Waals surface area contributed by atoms with Crippen LogP contribution < -0.4 is 10.6 Å². The number of nitrogens with zero attached hydrogens (tertiary/aromatic N) is 2. The molecule has 1 aliphatic rings. The Morgan fingerprint density at radius 1 is 1.44 bits per heavy atom. The lowest BCUT2D eigenvalue weighted by Gasteiger charge is -2.22. The second-order valence-electron chi connectivity index (χ2n) is 6.17. The van der Waals surface area contributed by atoms with Crippen LogP contribution in [0.2, 0.25) is 5.02 Å². The van der Waals surface area contributed by atoms with Crippen molar-refractivity contribution in [2.75, 3.05) is 26.7 Å². The van der Waals surface area contributed by atoms with E-state index in [4.69, 9.17) is 16.3 Å². The molecular formula is C18H23ClN4O2. The highest BCUT2D eigenvalue weighted by Gasteiger charge is 2.18. The monoisotopic (exact) mass is 362 g/mol. The molecule has 7 heteroatoms. The predicted molar refractivity (Wildman–Crippen MR) is 96.9 cm³/mol. The van der Waals surface area contributed by atoms with E-state index in [-0.39, 0.29) is 12.0 Å². The Labute approximate surface area is 152 Å². The van der Waals surface area contributed by atoms with Crippen LogP contribution in [-0.4, -0.2) is 42.4 Å². The quantitative estimate of drug-likeness (QED) is 0.828. The van der Waals surface area contributed by atoms with E-state index in [2.05, 4.69) is 15.7 Å². The molecule has 1 fully saturated rings. The van der Waals surface area contributed by atoms with Gasteiger partial charge in [0.1, 0.15) is 5.69 Å². The van der Waals surface area contributed by atoms with Crippen molar-refractivity contribution in [3.63, 3.8) is 0 Å². The van der Waals surface area contributed by atoms with Gasteiger partial charge in [-0.15, -0.1) is 0 Å². The van der Waals surface area contributed by atoms with E-state index >= 15 is 0 Å². The van der Waals surface area contributed by atoms with Crippen molar-refractivity contribution in [3.8, 4) is 0 Å². The van der Waals surface area contributed by atoms with Crippen LogP contribution in [0.25, 0.3) is 0 Å². The van der Waals surface area contributed by atoms with Gasteiger partial charge in [0.05, 0.1) is 12.1 Å². The van der Waals surface area contributed by atoms with Crippen LogP contribution in [0, 0.1) is 0 Å².